The third kappa shape index (κ3) is 3.16. The molecule has 0 aromatic carbocycles. The molecular weight excluding hydrogens is 144 g/mol. The van der Waals surface area contributed by atoms with Gasteiger partial charge >= 0.3 is 0 Å². The lowest BCUT2D eigenvalue weighted by atomic mass is 9.77. The van der Waals surface area contributed by atoms with Crippen molar-refractivity contribution in [2.24, 2.45) is 11.8 Å². The van der Waals surface area contributed by atoms with E-state index in [0.29, 0.717) is 0 Å². The molecule has 0 heteroatoms. The van der Waals surface area contributed by atoms with Gasteiger partial charge in [0.15, 0.2) is 0 Å². The molecule has 1 saturated carbocycles. The minimum Gasteiger partial charge on any atom is -0.0651 e. The summed E-state index contributed by atoms with van der Waals surface area (Å²) in [6.07, 6.45) is 8.76. The zero-order valence-corrected chi connectivity index (χ0v) is 8.90. The summed E-state index contributed by atoms with van der Waals surface area (Å²) < 4.78 is 0. The van der Waals surface area contributed by atoms with E-state index in [4.69, 9.17) is 0 Å². The molecular formula is C12H23. The second-order valence-electron chi connectivity index (χ2n) is 4.72. The normalized spacial score (nSPS) is 31.0. The Labute approximate surface area is 77.7 Å². The van der Waals surface area contributed by atoms with Crippen molar-refractivity contribution in [1.82, 2.24) is 0 Å². The van der Waals surface area contributed by atoms with Crippen LogP contribution < -0.4 is 0 Å². The van der Waals surface area contributed by atoms with Crippen LogP contribution in [0.2, 0.25) is 0 Å². The third-order valence-corrected chi connectivity index (χ3v) is 3.17. The van der Waals surface area contributed by atoms with Gasteiger partial charge in [-0.05, 0) is 30.6 Å². The van der Waals surface area contributed by atoms with Crippen LogP contribution in [0.4, 0.5) is 0 Å². The lowest BCUT2D eigenvalue weighted by Crippen LogP contribution is -2.16. The molecule has 2 unspecified atom stereocenters. The topological polar surface area (TPSA) is 0 Å². The Kier molecular flexibility index (Phi) is 4.11. The van der Waals surface area contributed by atoms with Crippen LogP contribution in [0.5, 0.6) is 0 Å². The summed E-state index contributed by atoms with van der Waals surface area (Å²) in [5.74, 6) is 3.69. The Balaban J connectivity index is 2.25. The van der Waals surface area contributed by atoms with Crippen LogP contribution in [-0.2, 0) is 0 Å². The maximum Gasteiger partial charge on any atom is -0.0300 e. The van der Waals surface area contributed by atoms with Gasteiger partial charge in [0.05, 0.1) is 0 Å². The van der Waals surface area contributed by atoms with Crippen molar-refractivity contribution in [3.63, 3.8) is 0 Å². The van der Waals surface area contributed by atoms with Gasteiger partial charge < -0.3 is 0 Å². The molecule has 1 aliphatic carbocycles. The zero-order chi connectivity index (χ0) is 8.97. The molecule has 0 aromatic rings. The van der Waals surface area contributed by atoms with E-state index in [9.17, 15) is 0 Å². The van der Waals surface area contributed by atoms with Crippen molar-refractivity contribution in [1.29, 1.82) is 0 Å². The lowest BCUT2D eigenvalue weighted by Gasteiger charge is -2.29. The van der Waals surface area contributed by atoms with Gasteiger partial charge in [-0.3, -0.25) is 0 Å². The molecule has 0 saturated heterocycles. The molecule has 12 heavy (non-hydrogen) atoms. The summed E-state index contributed by atoms with van der Waals surface area (Å²) in [6, 6.07) is 0. The van der Waals surface area contributed by atoms with Gasteiger partial charge in [-0.25, -0.2) is 0 Å². The first kappa shape index (κ1) is 10.1. The molecule has 0 aromatic heterocycles. The van der Waals surface area contributed by atoms with Gasteiger partial charge in [0, 0.05) is 0 Å². The van der Waals surface area contributed by atoms with Crippen LogP contribution in [0.3, 0.4) is 0 Å². The Hall–Kier alpha value is 0. The van der Waals surface area contributed by atoms with E-state index in [2.05, 4.69) is 20.8 Å². The average molecular weight is 167 g/mol. The van der Waals surface area contributed by atoms with Crippen molar-refractivity contribution < 1.29 is 0 Å². The summed E-state index contributed by atoms with van der Waals surface area (Å²) in [6.45, 7) is 6.89. The minimum absolute atomic E-state index is 1.02. The van der Waals surface area contributed by atoms with Crippen LogP contribution >= 0.6 is 0 Å². The Morgan fingerprint density at radius 3 is 2.42 bits per heavy atom. The van der Waals surface area contributed by atoms with Gasteiger partial charge in [0.25, 0.3) is 0 Å². The van der Waals surface area contributed by atoms with Gasteiger partial charge in [-0.15, -0.1) is 0 Å². The highest BCUT2D eigenvalue weighted by atomic mass is 14.3. The fraction of sp³-hybridized carbons (Fsp3) is 0.917. The van der Waals surface area contributed by atoms with Crippen molar-refractivity contribution in [3.8, 4) is 0 Å². The molecule has 1 aliphatic rings. The zero-order valence-electron chi connectivity index (χ0n) is 8.90. The summed E-state index contributed by atoms with van der Waals surface area (Å²) in [7, 11) is 0. The lowest BCUT2D eigenvalue weighted by molar-refractivity contribution is 0.253. The Bertz CT molecular complexity index is 115. The third-order valence-electron chi connectivity index (χ3n) is 3.17. The second kappa shape index (κ2) is 4.89. The first-order chi connectivity index (χ1) is 5.72. The van der Waals surface area contributed by atoms with E-state index in [1.807, 2.05) is 0 Å². The molecule has 0 nitrogen and oxygen atoms in total. The molecule has 0 amide bonds. The van der Waals surface area contributed by atoms with Crippen LogP contribution in [0.1, 0.15) is 59.3 Å². The maximum atomic E-state index is 2.34. The van der Waals surface area contributed by atoms with Crippen molar-refractivity contribution in [2.75, 3.05) is 0 Å². The smallest absolute Gasteiger partial charge is 0.0300 e. The average Bonchev–Trinajstić information content (AvgIpc) is 2.03. The first-order valence-electron chi connectivity index (χ1n) is 5.51. The standard InChI is InChI=1S/C12H23/c1-4-11-6-5-7-12(9-11)8-10(2)3/h11-12H,4-9H2,1-3H3. The molecule has 1 fully saturated rings. The minimum atomic E-state index is 1.02. The predicted molar refractivity (Wildman–Crippen MR) is 54.9 cm³/mol. The highest BCUT2D eigenvalue weighted by Crippen LogP contribution is 2.34. The van der Waals surface area contributed by atoms with Gasteiger partial charge in [0.1, 0.15) is 0 Å². The van der Waals surface area contributed by atoms with Crippen LogP contribution in [0.25, 0.3) is 0 Å². The highest BCUT2D eigenvalue weighted by Gasteiger charge is 2.20. The van der Waals surface area contributed by atoms with Crippen molar-refractivity contribution in [3.05, 3.63) is 5.92 Å². The number of hydrogen-bond donors (Lipinski definition) is 0. The fourth-order valence-corrected chi connectivity index (χ4v) is 2.54. The largest absolute Gasteiger partial charge is 0.0651 e. The molecule has 0 bridgehead atoms. The molecule has 0 aliphatic heterocycles. The van der Waals surface area contributed by atoms with Gasteiger partial charge in [0.2, 0.25) is 0 Å². The quantitative estimate of drug-likeness (QED) is 0.590. The molecule has 2 atom stereocenters. The highest BCUT2D eigenvalue weighted by molar-refractivity contribution is 4.83. The Morgan fingerprint density at radius 1 is 1.17 bits per heavy atom. The van der Waals surface area contributed by atoms with Gasteiger partial charge in [-0.1, -0.05) is 46.5 Å². The monoisotopic (exact) mass is 167 g/mol. The molecule has 1 radical (unpaired) electrons. The number of rotatable bonds is 3. The van der Waals surface area contributed by atoms with Crippen molar-refractivity contribution >= 4 is 0 Å². The molecule has 1 rings (SSSR count). The molecule has 0 N–H and O–H groups in total. The van der Waals surface area contributed by atoms with Gasteiger partial charge in [-0.2, -0.15) is 0 Å². The van der Waals surface area contributed by atoms with Crippen LogP contribution in [0, 0.1) is 17.8 Å². The fourth-order valence-electron chi connectivity index (χ4n) is 2.54. The van der Waals surface area contributed by atoms with E-state index in [-0.39, 0.29) is 0 Å². The molecule has 71 valence electrons. The molecule has 0 heterocycles. The Morgan fingerprint density at radius 2 is 1.83 bits per heavy atom. The van der Waals surface area contributed by atoms with E-state index in [1.54, 1.807) is 5.92 Å². The summed E-state index contributed by atoms with van der Waals surface area (Å²) in [5.41, 5.74) is 0. The van der Waals surface area contributed by atoms with E-state index < -0.39 is 0 Å². The predicted octanol–water partition coefficient (Wildman–Crippen LogP) is 4.21. The van der Waals surface area contributed by atoms with Crippen LogP contribution in [0.15, 0.2) is 0 Å². The van der Waals surface area contributed by atoms with E-state index >= 15 is 0 Å². The number of hydrogen-bond acceptors (Lipinski definition) is 0. The summed E-state index contributed by atoms with van der Waals surface area (Å²) >= 11 is 0. The maximum absolute atomic E-state index is 2.34. The summed E-state index contributed by atoms with van der Waals surface area (Å²) in [5, 5.41) is 0. The van der Waals surface area contributed by atoms with Crippen molar-refractivity contribution in [2.45, 2.75) is 59.3 Å². The van der Waals surface area contributed by atoms with E-state index in [0.717, 1.165) is 11.8 Å². The second-order valence-corrected chi connectivity index (χ2v) is 4.72. The SMILES string of the molecule is CCC1CCCC(C[C](C)C)C1. The van der Waals surface area contributed by atoms with Crippen LogP contribution in [-0.4, -0.2) is 0 Å². The molecule has 0 spiro atoms. The first-order valence-corrected chi connectivity index (χ1v) is 5.51. The van der Waals surface area contributed by atoms with E-state index in [1.165, 1.54) is 38.5 Å². The summed E-state index contributed by atoms with van der Waals surface area (Å²) in [4.78, 5) is 0.